The van der Waals surface area contributed by atoms with Crippen molar-refractivity contribution in [2.24, 2.45) is 0 Å². The molecule has 0 unspecified atom stereocenters. The van der Waals surface area contributed by atoms with E-state index < -0.39 is 0 Å². The van der Waals surface area contributed by atoms with E-state index >= 15 is 0 Å². The molecule has 0 saturated heterocycles. The van der Waals surface area contributed by atoms with E-state index in [1.54, 1.807) is 0 Å². The molecule has 0 atom stereocenters. The maximum Gasteiger partial charge on any atom is 0.0625 e. The predicted molar refractivity (Wildman–Crippen MR) is 55.1 cm³/mol. The third-order valence-corrected chi connectivity index (χ3v) is 1.81. The van der Waals surface area contributed by atoms with Gasteiger partial charge in [-0.05, 0) is 18.9 Å². The van der Waals surface area contributed by atoms with Gasteiger partial charge in [-0.3, -0.25) is 0 Å². The lowest BCUT2D eigenvalue weighted by molar-refractivity contribution is 1.07. The van der Waals surface area contributed by atoms with Crippen molar-refractivity contribution < 1.29 is 0 Å². The molecular formula is C12H13N. The molecule has 0 radical (unpaired) electrons. The Kier molecular flexibility index (Phi) is 3.78. The van der Waals surface area contributed by atoms with Crippen LogP contribution in [-0.4, -0.2) is 0 Å². The van der Waals surface area contributed by atoms with Crippen molar-refractivity contribution in [1.29, 1.82) is 5.26 Å². The quantitative estimate of drug-likeness (QED) is 0.640. The summed E-state index contributed by atoms with van der Waals surface area (Å²) in [6.07, 6.45) is 5.53. The molecule has 1 aromatic rings. The average Bonchev–Trinajstić information content (AvgIpc) is 2.15. The average molecular weight is 171 g/mol. The fraction of sp³-hybridized carbons (Fsp3) is 0.250. The van der Waals surface area contributed by atoms with Crippen LogP contribution in [-0.2, 0) is 0 Å². The molecule has 0 aromatic heterocycles. The number of hydrogen-bond acceptors (Lipinski definition) is 1. The summed E-state index contributed by atoms with van der Waals surface area (Å²) in [6, 6.07) is 10.4. The molecule has 1 aromatic carbocycles. The van der Waals surface area contributed by atoms with Gasteiger partial charge in [-0.15, -0.1) is 0 Å². The summed E-state index contributed by atoms with van der Waals surface area (Å²) in [4.78, 5) is 0. The van der Waals surface area contributed by atoms with Crippen LogP contribution < -0.4 is 0 Å². The van der Waals surface area contributed by atoms with Gasteiger partial charge in [-0.1, -0.05) is 42.0 Å². The first-order valence-corrected chi connectivity index (χ1v) is 4.43. The van der Waals surface area contributed by atoms with Crippen molar-refractivity contribution in [1.82, 2.24) is 0 Å². The number of nitriles is 1. The normalized spacial score (nSPS) is 10.2. The van der Waals surface area contributed by atoms with Crippen LogP contribution in [0.1, 0.15) is 24.0 Å². The summed E-state index contributed by atoms with van der Waals surface area (Å²) < 4.78 is 0. The lowest BCUT2D eigenvalue weighted by Crippen LogP contribution is -1.73. The summed E-state index contributed by atoms with van der Waals surface area (Å²) in [5.74, 6) is 0. The van der Waals surface area contributed by atoms with Crippen LogP contribution in [0.2, 0.25) is 0 Å². The summed E-state index contributed by atoms with van der Waals surface area (Å²) in [6.45, 7) is 2.07. The van der Waals surface area contributed by atoms with Gasteiger partial charge >= 0.3 is 0 Å². The Balaban J connectivity index is 2.50. The molecule has 13 heavy (non-hydrogen) atoms. The maximum atomic E-state index is 8.32. The molecule has 0 aliphatic heterocycles. The first-order valence-electron chi connectivity index (χ1n) is 4.43. The number of nitrogens with zero attached hydrogens (tertiary/aromatic N) is 1. The largest absolute Gasteiger partial charge is 0.198 e. The molecule has 0 aliphatic rings. The van der Waals surface area contributed by atoms with Crippen molar-refractivity contribution in [2.75, 3.05) is 0 Å². The lowest BCUT2D eigenvalue weighted by Gasteiger charge is -1.93. The summed E-state index contributed by atoms with van der Waals surface area (Å²) in [5.41, 5.74) is 2.47. The van der Waals surface area contributed by atoms with Crippen LogP contribution in [0.3, 0.4) is 0 Å². The molecule has 66 valence electrons. The molecule has 1 rings (SSSR count). The van der Waals surface area contributed by atoms with Crippen molar-refractivity contribution in [2.45, 2.75) is 19.8 Å². The first kappa shape index (κ1) is 9.54. The van der Waals surface area contributed by atoms with Crippen LogP contribution in [0.25, 0.3) is 6.08 Å². The number of hydrogen-bond donors (Lipinski definition) is 0. The fourth-order valence-electron chi connectivity index (χ4n) is 1.04. The Morgan fingerprint density at radius 2 is 2.00 bits per heavy atom. The third kappa shape index (κ3) is 3.57. The molecule has 0 N–H and O–H groups in total. The minimum atomic E-state index is 0.600. The van der Waals surface area contributed by atoms with Crippen LogP contribution in [0, 0.1) is 18.3 Å². The van der Waals surface area contributed by atoms with Crippen LogP contribution >= 0.6 is 0 Å². The van der Waals surface area contributed by atoms with Gasteiger partial charge in [0.1, 0.15) is 0 Å². The Labute approximate surface area is 79.3 Å². The van der Waals surface area contributed by atoms with E-state index in [0.29, 0.717) is 6.42 Å². The minimum Gasteiger partial charge on any atom is -0.198 e. The first-order chi connectivity index (χ1) is 6.33. The van der Waals surface area contributed by atoms with Gasteiger partial charge in [0.15, 0.2) is 0 Å². The third-order valence-electron chi connectivity index (χ3n) is 1.81. The van der Waals surface area contributed by atoms with Crippen molar-refractivity contribution in [3.05, 3.63) is 41.5 Å². The lowest BCUT2D eigenvalue weighted by atomic mass is 10.1. The van der Waals surface area contributed by atoms with Crippen LogP contribution in [0.15, 0.2) is 30.3 Å². The maximum absolute atomic E-state index is 8.32. The van der Waals surface area contributed by atoms with Crippen molar-refractivity contribution in [3.8, 4) is 6.07 Å². The highest BCUT2D eigenvalue weighted by molar-refractivity contribution is 5.49. The standard InChI is InChI=1S/C12H13N/c1-11-6-8-12(9-7-11)5-3-2-4-10-13/h3,5-9H,2,4H2,1H3/b5-3-. The molecule has 0 saturated carbocycles. The molecule has 0 fully saturated rings. The van der Waals surface area contributed by atoms with Gasteiger partial charge in [0.2, 0.25) is 0 Å². The van der Waals surface area contributed by atoms with Gasteiger partial charge in [0.05, 0.1) is 6.07 Å². The van der Waals surface area contributed by atoms with Gasteiger partial charge in [-0.25, -0.2) is 0 Å². The zero-order valence-corrected chi connectivity index (χ0v) is 7.83. The van der Waals surface area contributed by atoms with Gasteiger partial charge in [0, 0.05) is 6.42 Å². The van der Waals surface area contributed by atoms with E-state index in [1.807, 2.05) is 6.08 Å². The number of rotatable bonds is 3. The molecule has 0 heterocycles. The van der Waals surface area contributed by atoms with Crippen molar-refractivity contribution >= 4 is 6.08 Å². The van der Waals surface area contributed by atoms with E-state index in [-0.39, 0.29) is 0 Å². The molecule has 0 amide bonds. The smallest absolute Gasteiger partial charge is 0.0625 e. The predicted octanol–water partition coefficient (Wildman–Crippen LogP) is 3.31. The topological polar surface area (TPSA) is 23.8 Å². The molecule has 0 aliphatic carbocycles. The SMILES string of the molecule is Cc1ccc(/C=C\CCC#N)cc1. The zero-order chi connectivity index (χ0) is 9.52. The second-order valence-corrected chi connectivity index (χ2v) is 3.01. The summed E-state index contributed by atoms with van der Waals surface area (Å²) >= 11 is 0. The highest BCUT2D eigenvalue weighted by atomic mass is 14.2. The molecule has 0 bridgehead atoms. The highest BCUT2D eigenvalue weighted by Gasteiger charge is 1.85. The van der Waals surface area contributed by atoms with Gasteiger partial charge in [-0.2, -0.15) is 5.26 Å². The molecular weight excluding hydrogens is 158 g/mol. The number of unbranched alkanes of at least 4 members (excludes halogenated alkanes) is 1. The van der Waals surface area contributed by atoms with E-state index in [0.717, 1.165) is 6.42 Å². The zero-order valence-electron chi connectivity index (χ0n) is 7.83. The monoisotopic (exact) mass is 171 g/mol. The van der Waals surface area contributed by atoms with E-state index in [1.165, 1.54) is 11.1 Å². The van der Waals surface area contributed by atoms with Gasteiger partial charge in [0.25, 0.3) is 0 Å². The fourth-order valence-corrected chi connectivity index (χ4v) is 1.04. The molecule has 1 heteroatoms. The van der Waals surface area contributed by atoms with E-state index in [9.17, 15) is 0 Å². The molecule has 1 nitrogen and oxygen atoms in total. The number of aryl methyl sites for hydroxylation is 1. The second kappa shape index (κ2) is 5.16. The van der Waals surface area contributed by atoms with Crippen molar-refractivity contribution in [3.63, 3.8) is 0 Å². The van der Waals surface area contributed by atoms with E-state index in [2.05, 4.69) is 43.3 Å². The summed E-state index contributed by atoms with van der Waals surface area (Å²) in [7, 11) is 0. The Bertz CT molecular complexity index is 314. The number of benzene rings is 1. The summed E-state index contributed by atoms with van der Waals surface area (Å²) in [5, 5.41) is 8.32. The van der Waals surface area contributed by atoms with E-state index in [4.69, 9.17) is 5.26 Å². The van der Waals surface area contributed by atoms with Crippen LogP contribution in [0.5, 0.6) is 0 Å². The number of allylic oxidation sites excluding steroid dienone is 1. The second-order valence-electron chi connectivity index (χ2n) is 3.01. The Hall–Kier alpha value is -1.55. The Morgan fingerprint density at radius 1 is 1.31 bits per heavy atom. The molecule has 0 spiro atoms. The van der Waals surface area contributed by atoms with Crippen LogP contribution in [0.4, 0.5) is 0 Å². The Morgan fingerprint density at radius 3 is 2.62 bits per heavy atom. The van der Waals surface area contributed by atoms with Gasteiger partial charge < -0.3 is 0 Å². The minimum absolute atomic E-state index is 0.600. The highest BCUT2D eigenvalue weighted by Crippen LogP contribution is 2.05.